The van der Waals surface area contributed by atoms with Crippen molar-refractivity contribution in [2.75, 3.05) is 13.3 Å². The molecule has 3 aliphatic rings. The summed E-state index contributed by atoms with van der Waals surface area (Å²) in [5.41, 5.74) is 2.62. The Morgan fingerprint density at radius 3 is 2.33 bits per heavy atom. The van der Waals surface area contributed by atoms with Gasteiger partial charge in [-0.05, 0) is 54.7 Å². The minimum atomic E-state index is -3.62. The molecule has 0 radical (unpaired) electrons. The van der Waals surface area contributed by atoms with Gasteiger partial charge in [0.25, 0.3) is 0 Å². The molecular weight excluding hydrogens is 366 g/mol. The van der Waals surface area contributed by atoms with Gasteiger partial charge in [0, 0.05) is 24.6 Å². The maximum atomic E-state index is 13.0. The Morgan fingerprint density at radius 1 is 1.00 bits per heavy atom. The third-order valence-electron chi connectivity index (χ3n) is 5.40. The first-order valence-electron chi connectivity index (χ1n) is 9.08. The maximum absolute atomic E-state index is 13.0. The van der Waals surface area contributed by atoms with Gasteiger partial charge in [0.2, 0.25) is 16.8 Å². The fourth-order valence-electron chi connectivity index (χ4n) is 3.65. The average molecular weight is 385 g/mol. The van der Waals surface area contributed by atoms with Gasteiger partial charge in [0.15, 0.2) is 17.3 Å². The molecule has 2 aromatic carbocycles. The maximum Gasteiger partial charge on any atom is 0.243 e. The summed E-state index contributed by atoms with van der Waals surface area (Å²) in [6.45, 7) is 0.918. The molecule has 2 aliphatic heterocycles. The summed E-state index contributed by atoms with van der Waals surface area (Å²) >= 11 is 0. The van der Waals surface area contributed by atoms with Crippen LogP contribution in [0.15, 0.2) is 41.3 Å². The average Bonchev–Trinajstić information content (AvgIpc) is 3.44. The summed E-state index contributed by atoms with van der Waals surface area (Å²) in [6, 6.07) is 10.2. The van der Waals surface area contributed by atoms with Gasteiger partial charge in [-0.15, -0.1) is 0 Å². The number of hydrogen-bond donors (Lipinski definition) is 0. The van der Waals surface area contributed by atoms with Crippen LogP contribution in [0.4, 0.5) is 0 Å². The molecule has 2 heterocycles. The molecule has 0 unspecified atom stereocenters. The molecule has 0 atom stereocenters. The van der Waals surface area contributed by atoms with Crippen molar-refractivity contribution in [2.24, 2.45) is 5.92 Å². The Balaban J connectivity index is 1.40. The Bertz CT molecular complexity index is 1030. The monoisotopic (exact) mass is 385 g/mol. The topological polar surface area (TPSA) is 72.9 Å². The summed E-state index contributed by atoms with van der Waals surface area (Å²) in [6.07, 6.45) is 2.50. The number of ketones is 1. The predicted octanol–water partition coefficient (Wildman–Crippen LogP) is 2.76. The molecule has 0 spiro atoms. The van der Waals surface area contributed by atoms with Gasteiger partial charge in [-0.25, -0.2) is 8.42 Å². The first-order valence-corrected chi connectivity index (χ1v) is 10.5. The van der Waals surface area contributed by atoms with Crippen molar-refractivity contribution >= 4 is 15.8 Å². The molecule has 7 heteroatoms. The van der Waals surface area contributed by atoms with E-state index in [1.54, 1.807) is 24.3 Å². The molecule has 1 saturated carbocycles. The van der Waals surface area contributed by atoms with Crippen molar-refractivity contribution in [2.45, 2.75) is 30.7 Å². The van der Waals surface area contributed by atoms with E-state index in [9.17, 15) is 13.2 Å². The Hall–Kier alpha value is -2.38. The van der Waals surface area contributed by atoms with Crippen LogP contribution in [0.2, 0.25) is 0 Å². The first-order chi connectivity index (χ1) is 13.0. The molecule has 0 aromatic heterocycles. The number of fused-ring (bicyclic) bond motifs is 2. The quantitative estimate of drug-likeness (QED) is 0.757. The SMILES string of the molecule is O=C(c1ccc(S(=O)(=O)N2CCc3cc4c(cc3C2)OCO4)cc1)C1CC1. The van der Waals surface area contributed by atoms with Crippen LogP contribution in [-0.2, 0) is 23.0 Å². The Labute approximate surface area is 157 Å². The third-order valence-corrected chi connectivity index (χ3v) is 7.26. The van der Waals surface area contributed by atoms with Gasteiger partial charge in [-0.2, -0.15) is 4.31 Å². The number of Topliss-reactive ketones (excluding diaryl/α,β-unsaturated/α-hetero) is 1. The van der Waals surface area contributed by atoms with Gasteiger partial charge in [-0.3, -0.25) is 4.79 Å². The highest BCUT2D eigenvalue weighted by Crippen LogP contribution is 2.38. The van der Waals surface area contributed by atoms with E-state index in [0.29, 0.717) is 30.8 Å². The molecule has 1 aliphatic carbocycles. The lowest BCUT2D eigenvalue weighted by molar-refractivity contribution is 0.0967. The van der Waals surface area contributed by atoms with Crippen LogP contribution in [-0.4, -0.2) is 31.8 Å². The minimum absolute atomic E-state index is 0.113. The fourth-order valence-corrected chi connectivity index (χ4v) is 5.07. The smallest absolute Gasteiger partial charge is 0.243 e. The molecular formula is C20H19NO5S. The molecule has 0 amide bonds. The molecule has 0 saturated heterocycles. The van der Waals surface area contributed by atoms with Crippen LogP contribution in [0.25, 0.3) is 0 Å². The second-order valence-corrected chi connectivity index (χ2v) is 9.16. The van der Waals surface area contributed by atoms with Gasteiger partial charge in [0.05, 0.1) is 4.90 Å². The third kappa shape index (κ3) is 2.91. The zero-order valence-electron chi connectivity index (χ0n) is 14.7. The van der Waals surface area contributed by atoms with Crippen molar-refractivity contribution in [3.05, 3.63) is 53.1 Å². The minimum Gasteiger partial charge on any atom is -0.454 e. The largest absolute Gasteiger partial charge is 0.454 e. The van der Waals surface area contributed by atoms with Gasteiger partial charge >= 0.3 is 0 Å². The Kier molecular flexibility index (Phi) is 3.77. The van der Waals surface area contributed by atoms with E-state index in [2.05, 4.69) is 0 Å². The molecule has 0 bridgehead atoms. The van der Waals surface area contributed by atoms with E-state index in [4.69, 9.17) is 9.47 Å². The van der Waals surface area contributed by atoms with Crippen LogP contribution >= 0.6 is 0 Å². The number of ether oxygens (including phenoxy) is 2. The highest BCUT2D eigenvalue weighted by Gasteiger charge is 2.32. The molecule has 5 rings (SSSR count). The molecule has 1 fully saturated rings. The number of rotatable bonds is 4. The molecule has 2 aromatic rings. The number of carbonyl (C=O) groups excluding carboxylic acids is 1. The molecule has 6 nitrogen and oxygen atoms in total. The number of hydrogen-bond acceptors (Lipinski definition) is 5. The predicted molar refractivity (Wildman–Crippen MR) is 97.4 cm³/mol. The number of carbonyl (C=O) groups is 1. The van der Waals surface area contributed by atoms with E-state index < -0.39 is 10.0 Å². The molecule has 27 heavy (non-hydrogen) atoms. The summed E-state index contributed by atoms with van der Waals surface area (Å²) in [4.78, 5) is 12.3. The normalized spacial score (nSPS) is 19.0. The standard InChI is InChI=1S/C20H19NO5S/c22-20(13-1-2-13)14-3-5-17(6-4-14)27(23,24)21-8-7-15-9-18-19(26-12-25-18)10-16(15)11-21/h3-6,9-10,13H,1-2,7-8,11-12H2. The molecule has 0 N–H and O–H groups in total. The lowest BCUT2D eigenvalue weighted by Gasteiger charge is -2.28. The van der Waals surface area contributed by atoms with Gasteiger partial charge < -0.3 is 9.47 Å². The second kappa shape index (κ2) is 6.07. The fraction of sp³-hybridized carbons (Fsp3) is 0.350. The summed E-state index contributed by atoms with van der Waals surface area (Å²) in [5.74, 6) is 1.62. The zero-order chi connectivity index (χ0) is 18.6. The van der Waals surface area contributed by atoms with E-state index in [0.717, 1.165) is 29.7 Å². The van der Waals surface area contributed by atoms with Crippen molar-refractivity contribution in [3.63, 3.8) is 0 Å². The zero-order valence-corrected chi connectivity index (χ0v) is 15.5. The molecule has 140 valence electrons. The Morgan fingerprint density at radius 2 is 1.67 bits per heavy atom. The lowest BCUT2D eigenvalue weighted by Crippen LogP contribution is -2.35. The van der Waals surface area contributed by atoms with Crippen molar-refractivity contribution < 1.29 is 22.7 Å². The number of benzene rings is 2. The summed E-state index contributed by atoms with van der Waals surface area (Å²) in [7, 11) is -3.62. The van der Waals surface area contributed by atoms with E-state index >= 15 is 0 Å². The lowest BCUT2D eigenvalue weighted by atomic mass is 10.0. The highest BCUT2D eigenvalue weighted by atomic mass is 32.2. The van der Waals surface area contributed by atoms with E-state index in [-0.39, 0.29) is 23.4 Å². The van der Waals surface area contributed by atoms with Crippen molar-refractivity contribution in [3.8, 4) is 11.5 Å². The van der Waals surface area contributed by atoms with Crippen LogP contribution in [0.3, 0.4) is 0 Å². The van der Waals surface area contributed by atoms with Crippen LogP contribution in [0.1, 0.15) is 34.3 Å². The summed E-state index contributed by atoms with van der Waals surface area (Å²) < 4.78 is 38.4. The number of nitrogens with zero attached hydrogens (tertiary/aromatic N) is 1. The second-order valence-electron chi connectivity index (χ2n) is 7.23. The first kappa shape index (κ1) is 16.8. The van der Waals surface area contributed by atoms with Gasteiger partial charge in [0.1, 0.15) is 0 Å². The number of sulfonamides is 1. The van der Waals surface area contributed by atoms with Crippen molar-refractivity contribution in [1.29, 1.82) is 0 Å². The summed E-state index contributed by atoms with van der Waals surface area (Å²) in [5, 5.41) is 0. The highest BCUT2D eigenvalue weighted by molar-refractivity contribution is 7.89. The van der Waals surface area contributed by atoms with E-state index in [1.807, 2.05) is 12.1 Å². The van der Waals surface area contributed by atoms with Crippen LogP contribution in [0.5, 0.6) is 11.5 Å². The van der Waals surface area contributed by atoms with Crippen LogP contribution < -0.4 is 9.47 Å². The van der Waals surface area contributed by atoms with Crippen LogP contribution in [0, 0.1) is 5.92 Å². The van der Waals surface area contributed by atoms with E-state index in [1.165, 1.54) is 4.31 Å². The van der Waals surface area contributed by atoms with Gasteiger partial charge in [-0.1, -0.05) is 12.1 Å². The van der Waals surface area contributed by atoms with Crippen molar-refractivity contribution in [1.82, 2.24) is 4.31 Å².